The summed E-state index contributed by atoms with van der Waals surface area (Å²) in [5, 5.41) is 2.13. The zero-order valence-corrected chi connectivity index (χ0v) is 11.4. The fraction of sp³-hybridized carbons (Fsp3) is 0.0588. The maximum absolute atomic E-state index is 13.2. The molecule has 0 aliphatic carbocycles. The van der Waals surface area contributed by atoms with E-state index in [1.807, 2.05) is 25.5 Å². The van der Waals surface area contributed by atoms with E-state index in [1.54, 1.807) is 18.5 Å². The zero-order chi connectivity index (χ0) is 14.4. The molecule has 0 aliphatic rings. The topological polar surface area (TPSA) is 30.7 Å². The molecule has 0 radical (unpaired) electrons. The van der Waals surface area contributed by atoms with E-state index in [-0.39, 0.29) is 5.82 Å². The maximum Gasteiger partial charge on any atom is 0.123 e. The van der Waals surface area contributed by atoms with Crippen molar-refractivity contribution in [3.8, 4) is 11.1 Å². The highest BCUT2D eigenvalue weighted by molar-refractivity contribution is 6.11. The van der Waals surface area contributed by atoms with Crippen LogP contribution < -0.4 is 0 Å². The molecule has 0 unspecified atom stereocenters. The second-order valence-electron chi connectivity index (χ2n) is 5.08. The van der Waals surface area contributed by atoms with E-state index in [0.717, 1.165) is 32.9 Å². The number of nitrogens with zero attached hydrogens (tertiary/aromatic N) is 3. The van der Waals surface area contributed by atoms with Crippen LogP contribution in [0.25, 0.3) is 32.9 Å². The number of aromatic nitrogens is 3. The predicted octanol–water partition coefficient (Wildman–Crippen LogP) is 3.93. The van der Waals surface area contributed by atoms with Crippen LogP contribution in [-0.4, -0.2) is 14.5 Å². The number of hydrogen-bond acceptors (Lipinski definition) is 2. The third-order valence-electron chi connectivity index (χ3n) is 3.80. The first kappa shape index (κ1) is 12.0. The molecule has 2 aromatic carbocycles. The van der Waals surface area contributed by atoms with E-state index < -0.39 is 0 Å². The standard InChI is InChI=1S/C17H12FN3/c1-21-7-6-13-15-9-19-10-20-16(15)8-14(17(13)21)11-2-4-12(18)5-3-11/h2-10H,1H3. The van der Waals surface area contributed by atoms with Gasteiger partial charge < -0.3 is 4.57 Å². The van der Waals surface area contributed by atoms with Crippen molar-refractivity contribution in [1.29, 1.82) is 0 Å². The van der Waals surface area contributed by atoms with Gasteiger partial charge in [-0.3, -0.25) is 0 Å². The Morgan fingerprint density at radius 2 is 1.86 bits per heavy atom. The first-order chi connectivity index (χ1) is 10.2. The molecular formula is C17H12FN3. The van der Waals surface area contributed by atoms with E-state index in [9.17, 15) is 4.39 Å². The lowest BCUT2D eigenvalue weighted by atomic mass is 10.0. The van der Waals surface area contributed by atoms with Gasteiger partial charge in [0.25, 0.3) is 0 Å². The van der Waals surface area contributed by atoms with Gasteiger partial charge in [-0.1, -0.05) is 12.1 Å². The van der Waals surface area contributed by atoms with Crippen molar-refractivity contribution in [2.75, 3.05) is 0 Å². The van der Waals surface area contributed by atoms with Crippen molar-refractivity contribution in [2.24, 2.45) is 7.05 Å². The van der Waals surface area contributed by atoms with Gasteiger partial charge in [-0.25, -0.2) is 14.4 Å². The van der Waals surface area contributed by atoms with E-state index in [2.05, 4.69) is 20.6 Å². The molecule has 102 valence electrons. The Balaban J connectivity index is 2.15. The summed E-state index contributed by atoms with van der Waals surface area (Å²) in [6.07, 6.45) is 5.40. The zero-order valence-electron chi connectivity index (χ0n) is 11.4. The molecule has 0 aliphatic heterocycles. The van der Waals surface area contributed by atoms with E-state index in [1.165, 1.54) is 12.1 Å². The number of rotatable bonds is 1. The van der Waals surface area contributed by atoms with Gasteiger partial charge >= 0.3 is 0 Å². The monoisotopic (exact) mass is 277 g/mol. The van der Waals surface area contributed by atoms with Crippen LogP contribution in [0.3, 0.4) is 0 Å². The lowest BCUT2D eigenvalue weighted by Gasteiger charge is -2.09. The number of hydrogen-bond donors (Lipinski definition) is 0. The molecule has 2 heterocycles. The molecule has 0 spiro atoms. The number of aryl methyl sites for hydroxylation is 1. The summed E-state index contributed by atoms with van der Waals surface area (Å²) >= 11 is 0. The Morgan fingerprint density at radius 1 is 1.05 bits per heavy atom. The molecule has 3 nitrogen and oxygen atoms in total. The lowest BCUT2D eigenvalue weighted by molar-refractivity contribution is 0.628. The summed E-state index contributed by atoms with van der Waals surface area (Å²) in [5.74, 6) is -0.231. The van der Waals surface area contributed by atoms with E-state index in [4.69, 9.17) is 0 Å². The molecule has 21 heavy (non-hydrogen) atoms. The molecule has 0 fully saturated rings. The molecule has 2 aromatic heterocycles. The fourth-order valence-electron chi connectivity index (χ4n) is 2.80. The minimum atomic E-state index is -0.231. The van der Waals surface area contributed by atoms with Gasteiger partial charge in [0.1, 0.15) is 12.1 Å². The van der Waals surface area contributed by atoms with Crippen LogP contribution in [0.1, 0.15) is 0 Å². The van der Waals surface area contributed by atoms with Crippen molar-refractivity contribution < 1.29 is 4.39 Å². The number of halogens is 1. The van der Waals surface area contributed by atoms with Crippen molar-refractivity contribution in [2.45, 2.75) is 0 Å². The Bertz CT molecular complexity index is 955. The van der Waals surface area contributed by atoms with Gasteiger partial charge in [0.15, 0.2) is 0 Å². The molecule has 0 bridgehead atoms. The first-order valence-electron chi connectivity index (χ1n) is 6.68. The van der Waals surface area contributed by atoms with Crippen molar-refractivity contribution in [3.63, 3.8) is 0 Å². The third kappa shape index (κ3) is 1.80. The van der Waals surface area contributed by atoms with Gasteiger partial charge in [0, 0.05) is 35.8 Å². The summed E-state index contributed by atoms with van der Waals surface area (Å²) in [5.41, 5.74) is 4.01. The maximum atomic E-state index is 13.2. The first-order valence-corrected chi connectivity index (χ1v) is 6.68. The average Bonchev–Trinajstić information content (AvgIpc) is 2.90. The van der Waals surface area contributed by atoms with Crippen LogP contribution in [0.15, 0.2) is 55.1 Å². The summed E-state index contributed by atoms with van der Waals surface area (Å²) in [4.78, 5) is 8.47. The fourth-order valence-corrected chi connectivity index (χ4v) is 2.80. The number of benzene rings is 2. The van der Waals surface area contributed by atoms with Crippen LogP contribution in [0.2, 0.25) is 0 Å². The largest absolute Gasteiger partial charge is 0.350 e. The highest BCUT2D eigenvalue weighted by Gasteiger charge is 2.12. The molecule has 0 amide bonds. The molecule has 4 aromatic rings. The van der Waals surface area contributed by atoms with Gasteiger partial charge in [0.05, 0.1) is 11.0 Å². The normalized spacial score (nSPS) is 11.3. The van der Waals surface area contributed by atoms with Crippen LogP contribution in [-0.2, 0) is 7.05 Å². The highest BCUT2D eigenvalue weighted by Crippen LogP contribution is 2.34. The lowest BCUT2D eigenvalue weighted by Crippen LogP contribution is -1.91. The Morgan fingerprint density at radius 3 is 2.67 bits per heavy atom. The summed E-state index contributed by atoms with van der Waals surface area (Å²) in [7, 11) is 2.00. The minimum Gasteiger partial charge on any atom is -0.350 e. The van der Waals surface area contributed by atoms with Crippen LogP contribution in [0, 0.1) is 5.82 Å². The molecule has 4 rings (SSSR count). The Kier molecular flexibility index (Phi) is 2.51. The van der Waals surface area contributed by atoms with Gasteiger partial charge in [0.2, 0.25) is 0 Å². The molecule has 0 atom stereocenters. The summed E-state index contributed by atoms with van der Waals surface area (Å²) < 4.78 is 15.2. The number of fused-ring (bicyclic) bond motifs is 3. The van der Waals surface area contributed by atoms with Crippen LogP contribution >= 0.6 is 0 Å². The molecule has 0 saturated carbocycles. The smallest absolute Gasteiger partial charge is 0.123 e. The van der Waals surface area contributed by atoms with Crippen LogP contribution in [0.5, 0.6) is 0 Å². The Labute approximate surface area is 120 Å². The SMILES string of the molecule is Cn1ccc2c3cncnc3cc(-c3ccc(F)cc3)c21. The second kappa shape index (κ2) is 4.38. The Hall–Kier alpha value is -2.75. The van der Waals surface area contributed by atoms with E-state index in [0.29, 0.717) is 0 Å². The van der Waals surface area contributed by atoms with Gasteiger partial charge in [-0.2, -0.15) is 0 Å². The molecule has 4 heteroatoms. The van der Waals surface area contributed by atoms with E-state index >= 15 is 0 Å². The van der Waals surface area contributed by atoms with Gasteiger partial charge in [-0.05, 0) is 29.8 Å². The predicted molar refractivity (Wildman–Crippen MR) is 81.4 cm³/mol. The molecular weight excluding hydrogens is 265 g/mol. The molecule has 0 saturated heterocycles. The highest BCUT2D eigenvalue weighted by atomic mass is 19.1. The molecule has 0 N–H and O–H groups in total. The van der Waals surface area contributed by atoms with Gasteiger partial charge in [-0.15, -0.1) is 0 Å². The summed E-state index contributed by atoms with van der Waals surface area (Å²) in [6, 6.07) is 10.7. The third-order valence-corrected chi connectivity index (χ3v) is 3.80. The average molecular weight is 277 g/mol. The quantitative estimate of drug-likeness (QED) is 0.528. The second-order valence-corrected chi connectivity index (χ2v) is 5.08. The minimum absolute atomic E-state index is 0.231. The van der Waals surface area contributed by atoms with Crippen molar-refractivity contribution >= 4 is 21.8 Å². The van der Waals surface area contributed by atoms with Crippen molar-refractivity contribution in [1.82, 2.24) is 14.5 Å². The van der Waals surface area contributed by atoms with Crippen LogP contribution in [0.4, 0.5) is 4.39 Å². The summed E-state index contributed by atoms with van der Waals surface area (Å²) in [6.45, 7) is 0. The van der Waals surface area contributed by atoms with Crippen molar-refractivity contribution in [3.05, 3.63) is 60.9 Å².